The monoisotopic (exact) mass is 490 g/mol. The van der Waals surface area contributed by atoms with E-state index >= 15 is 0 Å². The maximum Gasteiger partial charge on any atom is 0.269 e. The van der Waals surface area contributed by atoms with Crippen molar-refractivity contribution in [3.05, 3.63) is 54.1 Å². The topological polar surface area (TPSA) is 101 Å². The number of sulfonamides is 1. The van der Waals surface area contributed by atoms with E-state index in [-0.39, 0.29) is 11.4 Å². The van der Waals surface area contributed by atoms with Crippen LogP contribution < -0.4 is 14.4 Å². The zero-order valence-electron chi connectivity index (χ0n) is 17.5. The Kier molecular flexibility index (Phi) is 6.68. The van der Waals surface area contributed by atoms with Crippen molar-refractivity contribution >= 4 is 49.8 Å². The third kappa shape index (κ3) is 4.74. The fraction of sp³-hybridized carbons (Fsp3) is 0.286. The van der Waals surface area contributed by atoms with Crippen molar-refractivity contribution < 1.29 is 17.9 Å². The molecular weight excluding hydrogens is 468 g/mol. The van der Waals surface area contributed by atoms with Gasteiger partial charge in [0, 0.05) is 5.75 Å². The van der Waals surface area contributed by atoms with Gasteiger partial charge in [0.1, 0.15) is 5.75 Å². The van der Waals surface area contributed by atoms with Gasteiger partial charge in [0.2, 0.25) is 5.13 Å². The fourth-order valence-electron chi connectivity index (χ4n) is 3.10. The molecule has 3 aromatic rings. The molecule has 168 valence electrons. The van der Waals surface area contributed by atoms with Gasteiger partial charge in [0.25, 0.3) is 15.9 Å². The van der Waals surface area contributed by atoms with Gasteiger partial charge in [-0.25, -0.2) is 8.42 Å². The molecule has 0 saturated heterocycles. The van der Waals surface area contributed by atoms with Crippen molar-refractivity contribution in [3.8, 4) is 5.75 Å². The van der Waals surface area contributed by atoms with E-state index in [4.69, 9.17) is 4.74 Å². The number of nitrogens with one attached hydrogen (secondary N) is 1. The Bertz CT molecular complexity index is 1210. The van der Waals surface area contributed by atoms with Crippen LogP contribution in [-0.2, 0) is 14.8 Å². The second-order valence-electron chi connectivity index (χ2n) is 7.13. The summed E-state index contributed by atoms with van der Waals surface area (Å²) in [4.78, 5) is 13.1. The highest BCUT2D eigenvalue weighted by atomic mass is 32.2. The van der Waals surface area contributed by atoms with E-state index in [2.05, 4.69) is 22.4 Å². The summed E-state index contributed by atoms with van der Waals surface area (Å²) in [6, 6.07) is 13.4. The molecule has 0 saturated carbocycles. The van der Waals surface area contributed by atoms with Gasteiger partial charge in [-0.2, -0.15) is 0 Å². The molecule has 8 nitrogen and oxygen atoms in total. The normalized spacial score (nSPS) is 15.7. The highest BCUT2D eigenvalue weighted by Crippen LogP contribution is 2.37. The first-order chi connectivity index (χ1) is 15.4. The molecule has 1 atom stereocenters. The zero-order chi connectivity index (χ0) is 22.7. The van der Waals surface area contributed by atoms with Crippen molar-refractivity contribution in [2.24, 2.45) is 0 Å². The lowest BCUT2D eigenvalue weighted by Gasteiger charge is -2.34. The smallest absolute Gasteiger partial charge is 0.269 e. The minimum Gasteiger partial charge on any atom is -0.476 e. The summed E-state index contributed by atoms with van der Waals surface area (Å²) in [6.45, 7) is 3.81. The Morgan fingerprint density at radius 3 is 2.72 bits per heavy atom. The number of carbonyl (C=O) groups is 1. The minimum absolute atomic E-state index is 0.153. The summed E-state index contributed by atoms with van der Waals surface area (Å²) in [6.07, 6.45) is -0.0345. The molecule has 1 unspecified atom stereocenters. The quantitative estimate of drug-likeness (QED) is 0.395. The molecule has 1 N–H and O–H groups in total. The molecule has 1 aromatic heterocycles. The summed E-state index contributed by atoms with van der Waals surface area (Å²) >= 11 is 2.85. The molecule has 11 heteroatoms. The lowest BCUT2D eigenvalue weighted by molar-refractivity contribution is -0.122. The van der Waals surface area contributed by atoms with Gasteiger partial charge in [0.05, 0.1) is 17.1 Å². The Morgan fingerprint density at radius 1 is 1.22 bits per heavy atom. The predicted octanol–water partition coefficient (Wildman–Crippen LogP) is 3.94. The number of fused-ring (bicyclic) bond motifs is 1. The fourth-order valence-corrected chi connectivity index (χ4v) is 6.25. The maximum absolute atomic E-state index is 13.4. The predicted molar refractivity (Wildman–Crippen MR) is 126 cm³/mol. The van der Waals surface area contributed by atoms with Gasteiger partial charge in [0.15, 0.2) is 10.4 Å². The second kappa shape index (κ2) is 9.47. The SMILES string of the molecule is CCCSc1nnc(NC(=O)C2CN(S(=O)(=O)c3ccc(C)cc3)c3ccccc3O2)s1. The summed E-state index contributed by atoms with van der Waals surface area (Å²) in [5.74, 6) is 0.759. The molecule has 0 bridgehead atoms. The van der Waals surface area contributed by atoms with Crippen LogP contribution >= 0.6 is 23.1 Å². The van der Waals surface area contributed by atoms with Crippen molar-refractivity contribution in [2.75, 3.05) is 21.9 Å². The zero-order valence-corrected chi connectivity index (χ0v) is 20.0. The molecule has 1 aliphatic heterocycles. The van der Waals surface area contributed by atoms with Gasteiger partial charge in [-0.3, -0.25) is 14.4 Å². The highest BCUT2D eigenvalue weighted by Gasteiger charge is 2.37. The summed E-state index contributed by atoms with van der Waals surface area (Å²) in [7, 11) is -3.89. The number of nitrogens with zero attached hydrogens (tertiary/aromatic N) is 3. The van der Waals surface area contributed by atoms with E-state index < -0.39 is 22.0 Å². The van der Waals surface area contributed by atoms with Gasteiger partial charge in [-0.05, 0) is 37.6 Å². The number of hydrogen-bond donors (Lipinski definition) is 1. The van der Waals surface area contributed by atoms with Crippen molar-refractivity contribution in [1.82, 2.24) is 10.2 Å². The van der Waals surface area contributed by atoms with Gasteiger partial charge < -0.3 is 4.74 Å². The molecule has 2 aromatic carbocycles. The van der Waals surface area contributed by atoms with E-state index in [0.717, 1.165) is 22.1 Å². The van der Waals surface area contributed by atoms with Gasteiger partial charge in [-0.1, -0.05) is 59.9 Å². The van der Waals surface area contributed by atoms with Crippen molar-refractivity contribution in [3.63, 3.8) is 0 Å². The standard InChI is InChI=1S/C21H22N4O4S3/c1-3-12-30-21-24-23-20(31-21)22-19(26)18-13-25(16-6-4-5-7-17(16)29-18)32(27,28)15-10-8-14(2)9-11-15/h4-11,18H,3,12-13H2,1-2H3,(H,22,23,26). The third-order valence-corrected chi connectivity index (χ3v) is 8.67. The minimum atomic E-state index is -3.89. The van der Waals surface area contributed by atoms with Crippen LogP contribution in [0.2, 0.25) is 0 Å². The molecule has 1 amide bonds. The Morgan fingerprint density at radius 2 is 1.97 bits per heavy atom. The van der Waals surface area contributed by atoms with Crippen LogP contribution in [0.3, 0.4) is 0 Å². The highest BCUT2D eigenvalue weighted by molar-refractivity contribution is 8.01. The molecule has 1 aliphatic rings. The number of ether oxygens (including phenoxy) is 1. The van der Waals surface area contributed by atoms with Crippen LogP contribution in [0.1, 0.15) is 18.9 Å². The molecule has 4 rings (SSSR count). The Balaban J connectivity index is 1.58. The number of rotatable bonds is 7. The lowest BCUT2D eigenvalue weighted by atomic mass is 10.2. The van der Waals surface area contributed by atoms with E-state index in [0.29, 0.717) is 16.6 Å². The number of aromatic nitrogens is 2. The molecular formula is C21H22N4O4S3. The van der Waals surface area contributed by atoms with Crippen LogP contribution in [0, 0.1) is 6.92 Å². The Hall–Kier alpha value is -2.63. The van der Waals surface area contributed by atoms with Gasteiger partial charge >= 0.3 is 0 Å². The Labute approximate surface area is 195 Å². The number of carbonyl (C=O) groups excluding carboxylic acids is 1. The molecule has 32 heavy (non-hydrogen) atoms. The molecule has 0 aliphatic carbocycles. The van der Waals surface area contributed by atoms with Crippen molar-refractivity contribution in [1.29, 1.82) is 0 Å². The molecule has 0 fully saturated rings. The van der Waals surface area contributed by atoms with Crippen LogP contribution in [0.5, 0.6) is 5.75 Å². The average molecular weight is 491 g/mol. The number of anilines is 2. The number of amides is 1. The van der Waals surface area contributed by atoms with Crippen molar-refractivity contribution in [2.45, 2.75) is 35.6 Å². The first kappa shape index (κ1) is 22.6. The first-order valence-electron chi connectivity index (χ1n) is 10.0. The van der Waals surface area contributed by atoms with Crippen LogP contribution in [-0.4, -0.2) is 42.9 Å². The van der Waals surface area contributed by atoms with E-state index in [1.165, 1.54) is 15.6 Å². The van der Waals surface area contributed by atoms with Gasteiger partial charge in [-0.15, -0.1) is 10.2 Å². The number of para-hydroxylation sites is 2. The number of benzene rings is 2. The van der Waals surface area contributed by atoms with Crippen LogP contribution in [0.15, 0.2) is 57.8 Å². The molecule has 2 heterocycles. The third-order valence-electron chi connectivity index (χ3n) is 4.70. The van der Waals surface area contributed by atoms with E-state index in [1.54, 1.807) is 60.3 Å². The van der Waals surface area contributed by atoms with E-state index in [1.807, 2.05) is 6.92 Å². The second-order valence-corrected chi connectivity index (χ2v) is 11.3. The molecule has 0 spiro atoms. The number of hydrogen-bond acceptors (Lipinski definition) is 8. The first-order valence-corrected chi connectivity index (χ1v) is 13.2. The van der Waals surface area contributed by atoms with Crippen LogP contribution in [0.25, 0.3) is 0 Å². The molecule has 0 radical (unpaired) electrons. The lowest BCUT2D eigenvalue weighted by Crippen LogP contribution is -2.48. The number of thioether (sulfide) groups is 1. The number of aryl methyl sites for hydroxylation is 1. The summed E-state index contributed by atoms with van der Waals surface area (Å²) in [5, 5.41) is 11.1. The summed E-state index contributed by atoms with van der Waals surface area (Å²) < 4.78 is 34.7. The maximum atomic E-state index is 13.4. The average Bonchev–Trinajstić information content (AvgIpc) is 3.24. The van der Waals surface area contributed by atoms with Crippen LogP contribution in [0.4, 0.5) is 10.8 Å². The largest absolute Gasteiger partial charge is 0.476 e. The summed E-state index contributed by atoms with van der Waals surface area (Å²) in [5.41, 5.74) is 1.35. The van der Waals surface area contributed by atoms with E-state index in [9.17, 15) is 13.2 Å².